The molecule has 0 spiro atoms. The minimum atomic E-state index is -1.06. The van der Waals surface area contributed by atoms with Gasteiger partial charge in [-0.1, -0.05) is 11.6 Å². The Labute approximate surface area is 82.6 Å². The summed E-state index contributed by atoms with van der Waals surface area (Å²) >= 11 is 7.30. The van der Waals surface area contributed by atoms with Crippen molar-refractivity contribution in [2.75, 3.05) is 0 Å². The zero-order valence-corrected chi connectivity index (χ0v) is 7.89. The molecule has 2 aromatic rings. The summed E-state index contributed by atoms with van der Waals surface area (Å²) in [5.41, 5.74) is 0.616. The van der Waals surface area contributed by atoms with Crippen LogP contribution in [0.1, 0.15) is 10.5 Å². The first kappa shape index (κ1) is 8.47. The maximum absolute atomic E-state index is 10.6. The zero-order chi connectivity index (χ0) is 9.42. The van der Waals surface area contributed by atoms with Crippen LogP contribution in [0.25, 0.3) is 10.2 Å². The fourth-order valence-corrected chi connectivity index (χ4v) is 2.10. The van der Waals surface area contributed by atoms with Gasteiger partial charge in [-0.3, -0.25) is 0 Å². The highest BCUT2D eigenvalue weighted by Gasteiger charge is 2.09. The Balaban J connectivity index is 2.77. The molecule has 0 aliphatic heterocycles. The number of carbonyl (C=O) groups is 1. The van der Waals surface area contributed by atoms with Crippen molar-refractivity contribution in [2.45, 2.75) is 0 Å². The van der Waals surface area contributed by atoms with Crippen molar-refractivity contribution < 1.29 is 9.90 Å². The highest BCUT2D eigenvalue weighted by atomic mass is 35.5. The summed E-state index contributed by atoms with van der Waals surface area (Å²) in [5, 5.41) is 11.0. The number of thiophene rings is 1. The lowest BCUT2D eigenvalue weighted by atomic mass is 10.3. The molecule has 0 aromatic carbocycles. The number of halogens is 1. The number of fused-ring (bicyclic) bond motifs is 1. The van der Waals surface area contributed by atoms with Crippen molar-refractivity contribution in [3.63, 3.8) is 0 Å². The largest absolute Gasteiger partial charge is 0.477 e. The number of carboxylic acids is 1. The first-order valence-electron chi connectivity index (χ1n) is 3.45. The summed E-state index contributed by atoms with van der Waals surface area (Å²) in [4.78, 5) is 14.5. The minimum Gasteiger partial charge on any atom is -0.477 e. The Bertz CT molecular complexity index is 480. The average molecular weight is 214 g/mol. The number of pyridine rings is 1. The summed E-state index contributed by atoms with van der Waals surface area (Å²) < 4.78 is 0.826. The van der Waals surface area contributed by atoms with Crippen LogP contribution in [0.4, 0.5) is 0 Å². The van der Waals surface area contributed by atoms with Crippen LogP contribution < -0.4 is 0 Å². The Morgan fingerprint density at radius 1 is 1.62 bits per heavy atom. The summed E-state index contributed by atoms with van der Waals surface area (Å²) in [7, 11) is 0. The predicted octanol–water partition coefficient (Wildman–Crippen LogP) is 2.65. The summed E-state index contributed by atoms with van der Waals surface area (Å²) in [6.45, 7) is 0. The van der Waals surface area contributed by atoms with Gasteiger partial charge in [-0.15, -0.1) is 11.3 Å². The van der Waals surface area contributed by atoms with Crippen molar-refractivity contribution in [3.8, 4) is 0 Å². The molecule has 0 bridgehead atoms. The molecule has 0 aliphatic rings. The number of hydrogen-bond acceptors (Lipinski definition) is 3. The molecule has 2 aromatic heterocycles. The smallest absolute Gasteiger partial charge is 0.354 e. The number of aromatic carboxylic acids is 1. The first-order chi connectivity index (χ1) is 6.18. The Morgan fingerprint density at radius 3 is 3.08 bits per heavy atom. The van der Waals surface area contributed by atoms with Gasteiger partial charge in [0.05, 0.1) is 15.2 Å². The molecule has 0 radical (unpaired) electrons. The molecule has 5 heteroatoms. The number of aromatic nitrogens is 1. The molecule has 0 saturated heterocycles. The van der Waals surface area contributed by atoms with E-state index >= 15 is 0 Å². The van der Waals surface area contributed by atoms with E-state index < -0.39 is 5.97 Å². The van der Waals surface area contributed by atoms with E-state index in [4.69, 9.17) is 16.7 Å². The first-order valence-corrected chi connectivity index (χ1v) is 4.71. The average Bonchev–Trinajstić information content (AvgIpc) is 2.51. The van der Waals surface area contributed by atoms with E-state index in [1.54, 1.807) is 6.07 Å². The number of nitrogens with zero attached hydrogens (tertiary/aromatic N) is 1. The molecular formula is C8H4ClNO2S. The van der Waals surface area contributed by atoms with Crippen LogP contribution in [0.2, 0.25) is 5.02 Å². The van der Waals surface area contributed by atoms with Crippen LogP contribution in [0.3, 0.4) is 0 Å². The monoisotopic (exact) mass is 213 g/mol. The Hall–Kier alpha value is -1.13. The third-order valence-corrected chi connectivity index (χ3v) is 2.93. The molecule has 0 unspecified atom stereocenters. The van der Waals surface area contributed by atoms with E-state index in [9.17, 15) is 4.79 Å². The topological polar surface area (TPSA) is 50.2 Å². The Kier molecular flexibility index (Phi) is 1.94. The van der Waals surface area contributed by atoms with E-state index in [1.807, 2.05) is 5.38 Å². The van der Waals surface area contributed by atoms with Crippen LogP contribution in [0.15, 0.2) is 17.5 Å². The van der Waals surface area contributed by atoms with Gasteiger partial charge in [0.15, 0.2) is 0 Å². The molecule has 13 heavy (non-hydrogen) atoms. The van der Waals surface area contributed by atoms with Crippen molar-refractivity contribution in [1.82, 2.24) is 4.98 Å². The van der Waals surface area contributed by atoms with Gasteiger partial charge in [-0.05, 0) is 17.5 Å². The van der Waals surface area contributed by atoms with E-state index in [-0.39, 0.29) is 5.69 Å². The number of hydrogen-bond donors (Lipinski definition) is 1. The highest BCUT2D eigenvalue weighted by Crippen LogP contribution is 2.27. The third-order valence-electron chi connectivity index (χ3n) is 1.58. The molecule has 3 nitrogen and oxygen atoms in total. The van der Waals surface area contributed by atoms with Gasteiger partial charge in [0.25, 0.3) is 0 Å². The standard InChI is InChI=1S/C8H4ClNO2S/c9-4-3-6(8(11)12)10-5-1-2-13-7(4)5/h1-3H,(H,11,12). The van der Waals surface area contributed by atoms with Gasteiger partial charge < -0.3 is 5.11 Å². The van der Waals surface area contributed by atoms with Gasteiger partial charge in [0.1, 0.15) is 5.69 Å². The molecular weight excluding hydrogens is 210 g/mol. The van der Waals surface area contributed by atoms with E-state index in [0.29, 0.717) is 10.5 Å². The van der Waals surface area contributed by atoms with Crippen LogP contribution >= 0.6 is 22.9 Å². The highest BCUT2D eigenvalue weighted by molar-refractivity contribution is 7.17. The van der Waals surface area contributed by atoms with E-state index in [0.717, 1.165) is 4.70 Å². The Morgan fingerprint density at radius 2 is 2.38 bits per heavy atom. The van der Waals surface area contributed by atoms with Crippen molar-refractivity contribution in [1.29, 1.82) is 0 Å². The fourth-order valence-electron chi connectivity index (χ4n) is 1.03. The quantitative estimate of drug-likeness (QED) is 0.792. The van der Waals surface area contributed by atoms with Crippen molar-refractivity contribution >= 4 is 39.1 Å². The summed E-state index contributed by atoms with van der Waals surface area (Å²) in [6, 6.07) is 3.11. The molecule has 0 fully saturated rings. The van der Waals surface area contributed by atoms with Gasteiger partial charge in [0.2, 0.25) is 0 Å². The van der Waals surface area contributed by atoms with Crippen molar-refractivity contribution in [3.05, 3.63) is 28.2 Å². The SMILES string of the molecule is O=C(O)c1cc(Cl)c2sccc2n1. The van der Waals surface area contributed by atoms with Gasteiger partial charge in [-0.25, -0.2) is 9.78 Å². The van der Waals surface area contributed by atoms with Crippen LogP contribution in [-0.2, 0) is 0 Å². The predicted molar refractivity (Wildman–Crippen MR) is 51.6 cm³/mol. The second-order valence-electron chi connectivity index (χ2n) is 2.43. The molecule has 0 amide bonds. The molecule has 0 aliphatic carbocycles. The van der Waals surface area contributed by atoms with E-state index in [2.05, 4.69) is 4.98 Å². The molecule has 1 N–H and O–H groups in total. The van der Waals surface area contributed by atoms with Crippen LogP contribution in [0, 0.1) is 0 Å². The minimum absolute atomic E-state index is 0.0177. The number of carboxylic acid groups (broad SMARTS) is 1. The normalized spacial score (nSPS) is 10.5. The van der Waals surface area contributed by atoms with Gasteiger partial charge in [-0.2, -0.15) is 0 Å². The lowest BCUT2D eigenvalue weighted by Gasteiger charge is -1.96. The second kappa shape index (κ2) is 2.97. The molecule has 0 atom stereocenters. The zero-order valence-electron chi connectivity index (χ0n) is 6.32. The van der Waals surface area contributed by atoms with Gasteiger partial charge >= 0.3 is 5.97 Å². The summed E-state index contributed by atoms with van der Waals surface area (Å²) in [5.74, 6) is -1.06. The molecule has 66 valence electrons. The maximum atomic E-state index is 10.6. The fraction of sp³-hybridized carbons (Fsp3) is 0. The van der Waals surface area contributed by atoms with Gasteiger partial charge in [0, 0.05) is 0 Å². The van der Waals surface area contributed by atoms with Crippen LogP contribution in [0.5, 0.6) is 0 Å². The lowest BCUT2D eigenvalue weighted by molar-refractivity contribution is 0.0691. The van der Waals surface area contributed by atoms with E-state index in [1.165, 1.54) is 17.4 Å². The molecule has 2 heterocycles. The molecule has 0 saturated carbocycles. The molecule has 2 rings (SSSR count). The second-order valence-corrected chi connectivity index (χ2v) is 3.75. The third kappa shape index (κ3) is 1.38. The lowest BCUT2D eigenvalue weighted by Crippen LogP contribution is -1.99. The maximum Gasteiger partial charge on any atom is 0.354 e. The van der Waals surface area contributed by atoms with Crippen molar-refractivity contribution in [2.24, 2.45) is 0 Å². The van der Waals surface area contributed by atoms with Crippen LogP contribution in [-0.4, -0.2) is 16.1 Å². The summed E-state index contributed by atoms with van der Waals surface area (Å²) in [6.07, 6.45) is 0. The number of rotatable bonds is 1.